The van der Waals surface area contributed by atoms with E-state index >= 15 is 0 Å². The summed E-state index contributed by atoms with van der Waals surface area (Å²) in [6.07, 6.45) is 3.88. The van der Waals surface area contributed by atoms with Gasteiger partial charge in [-0.25, -0.2) is 4.98 Å². The van der Waals surface area contributed by atoms with Gasteiger partial charge in [-0.05, 0) is 48.2 Å². The van der Waals surface area contributed by atoms with Crippen LogP contribution in [0.1, 0.15) is 17.7 Å². The number of carbonyl (C=O) groups excluding carboxylic acids is 1. The lowest BCUT2D eigenvalue weighted by molar-refractivity contribution is -0.117. The lowest BCUT2D eigenvalue weighted by Crippen LogP contribution is -2.50. The molecule has 0 aliphatic carbocycles. The maximum Gasteiger partial charge on any atom is 0.243 e. The van der Waals surface area contributed by atoms with E-state index in [-0.39, 0.29) is 17.9 Å². The zero-order valence-electron chi connectivity index (χ0n) is 16.1. The molecule has 0 bridgehead atoms. The first kappa shape index (κ1) is 19.7. The summed E-state index contributed by atoms with van der Waals surface area (Å²) in [5, 5.41) is 3.03. The number of methoxy groups -OCH3 is 1. The van der Waals surface area contributed by atoms with E-state index in [1.54, 1.807) is 13.3 Å². The average Bonchev–Trinajstić information content (AvgIpc) is 2.73. The lowest BCUT2D eigenvalue weighted by Gasteiger charge is -2.36. The third-order valence-corrected chi connectivity index (χ3v) is 4.69. The maximum atomic E-state index is 11.8. The number of carbonyl (C=O) groups is 1. The summed E-state index contributed by atoms with van der Waals surface area (Å²) in [6, 6.07) is 13.8. The van der Waals surface area contributed by atoms with Crippen molar-refractivity contribution in [3.8, 4) is 17.6 Å². The fourth-order valence-corrected chi connectivity index (χ4v) is 3.39. The van der Waals surface area contributed by atoms with Crippen LogP contribution in [0, 0.1) is 17.8 Å². The molecule has 2 atom stereocenters. The Morgan fingerprint density at radius 3 is 2.82 bits per heavy atom. The number of hydrogen-bond donors (Lipinski definition) is 1. The van der Waals surface area contributed by atoms with E-state index in [1.165, 1.54) is 11.6 Å². The molecule has 1 fully saturated rings. The van der Waals surface area contributed by atoms with E-state index in [1.807, 2.05) is 30.3 Å². The molecule has 2 aromatic rings. The van der Waals surface area contributed by atoms with Crippen LogP contribution >= 0.6 is 0 Å². The number of nitrogens with one attached hydrogen (secondary N) is 1. The van der Waals surface area contributed by atoms with Gasteiger partial charge in [0.2, 0.25) is 5.91 Å². The number of aromatic nitrogens is 1. The van der Waals surface area contributed by atoms with Crippen molar-refractivity contribution in [2.45, 2.75) is 19.0 Å². The monoisotopic (exact) mass is 375 g/mol. The minimum absolute atomic E-state index is 0.0422. The molecule has 0 radical (unpaired) electrons. The molecule has 1 aromatic carbocycles. The summed E-state index contributed by atoms with van der Waals surface area (Å²) < 4.78 is 5.23. The van der Waals surface area contributed by atoms with Crippen LogP contribution in [0.5, 0.6) is 5.75 Å². The van der Waals surface area contributed by atoms with Crippen LogP contribution in [0.4, 0.5) is 0 Å². The quantitative estimate of drug-likeness (QED) is 0.645. The van der Waals surface area contributed by atoms with Gasteiger partial charge in [0.1, 0.15) is 11.4 Å². The van der Waals surface area contributed by atoms with Gasteiger partial charge >= 0.3 is 0 Å². The number of pyridine rings is 1. The molecule has 3 rings (SSSR count). The second-order valence-electron chi connectivity index (χ2n) is 6.87. The second-order valence-corrected chi connectivity index (χ2v) is 6.87. The molecule has 2 heterocycles. The summed E-state index contributed by atoms with van der Waals surface area (Å²) in [6.45, 7) is 5.99. The zero-order valence-corrected chi connectivity index (χ0v) is 16.1. The van der Waals surface area contributed by atoms with Gasteiger partial charge in [0.05, 0.1) is 7.11 Å². The van der Waals surface area contributed by atoms with Crippen LogP contribution in [-0.2, 0) is 11.3 Å². The van der Waals surface area contributed by atoms with Crippen molar-refractivity contribution >= 4 is 5.91 Å². The molecular weight excluding hydrogens is 350 g/mol. The van der Waals surface area contributed by atoms with Crippen LogP contribution in [-0.4, -0.2) is 42.0 Å². The molecule has 144 valence electrons. The standard InChI is InChI=1S/C23H25N3O2/c1-3-23(27)25-21-14-19(7-10-20-6-4-5-13-24-20)16-26(17-21)15-18-8-11-22(28-2)12-9-18/h3-6,8-9,11-13,19,21H,1,14-17H2,2H3,(H,25,27)/t19-,21+/m1/s1. The van der Waals surface area contributed by atoms with Crippen molar-refractivity contribution < 1.29 is 9.53 Å². The highest BCUT2D eigenvalue weighted by atomic mass is 16.5. The minimum Gasteiger partial charge on any atom is -0.497 e. The molecule has 5 nitrogen and oxygen atoms in total. The van der Waals surface area contributed by atoms with E-state index in [2.05, 4.69) is 45.8 Å². The fraction of sp³-hybridized carbons (Fsp3) is 0.304. The average molecular weight is 375 g/mol. The highest BCUT2D eigenvalue weighted by molar-refractivity contribution is 5.87. The normalized spacial score (nSPS) is 19.2. The van der Waals surface area contributed by atoms with Crippen molar-refractivity contribution in [3.63, 3.8) is 0 Å². The van der Waals surface area contributed by atoms with Crippen molar-refractivity contribution in [2.75, 3.05) is 20.2 Å². The predicted molar refractivity (Wildman–Crippen MR) is 110 cm³/mol. The van der Waals surface area contributed by atoms with Crippen LogP contribution in [0.25, 0.3) is 0 Å². The van der Waals surface area contributed by atoms with Gasteiger partial charge in [-0.3, -0.25) is 9.69 Å². The van der Waals surface area contributed by atoms with Gasteiger partial charge in [0.25, 0.3) is 0 Å². The maximum absolute atomic E-state index is 11.8. The Balaban J connectivity index is 1.71. The van der Waals surface area contributed by atoms with Crippen LogP contribution < -0.4 is 10.1 Å². The molecule has 1 aliphatic rings. The number of benzene rings is 1. The van der Waals surface area contributed by atoms with Gasteiger partial charge < -0.3 is 10.1 Å². The molecular formula is C23H25N3O2. The number of amides is 1. The summed E-state index contributed by atoms with van der Waals surface area (Å²) in [4.78, 5) is 18.4. The molecule has 1 amide bonds. The lowest BCUT2D eigenvalue weighted by atomic mass is 9.94. The third-order valence-electron chi connectivity index (χ3n) is 4.69. The molecule has 0 saturated carbocycles. The summed E-state index contributed by atoms with van der Waals surface area (Å²) >= 11 is 0. The van der Waals surface area contributed by atoms with Gasteiger partial charge in [0, 0.05) is 37.8 Å². The number of likely N-dealkylation sites (tertiary alicyclic amines) is 1. The summed E-state index contributed by atoms with van der Waals surface area (Å²) in [5.74, 6) is 7.36. The van der Waals surface area contributed by atoms with Crippen LogP contribution in [0.15, 0.2) is 61.3 Å². The first-order valence-electron chi connectivity index (χ1n) is 9.37. The molecule has 0 unspecified atom stereocenters. The topological polar surface area (TPSA) is 54.5 Å². The van der Waals surface area contributed by atoms with Crippen molar-refractivity contribution in [1.29, 1.82) is 0 Å². The first-order valence-corrected chi connectivity index (χ1v) is 9.37. The molecule has 0 spiro atoms. The van der Waals surface area contributed by atoms with E-state index in [4.69, 9.17) is 4.74 Å². The van der Waals surface area contributed by atoms with Crippen LogP contribution in [0.2, 0.25) is 0 Å². The van der Waals surface area contributed by atoms with Crippen LogP contribution in [0.3, 0.4) is 0 Å². The minimum atomic E-state index is -0.146. The van der Waals surface area contributed by atoms with Gasteiger partial charge in [0.15, 0.2) is 0 Å². The van der Waals surface area contributed by atoms with E-state index in [9.17, 15) is 4.79 Å². The van der Waals surface area contributed by atoms with Crippen molar-refractivity contribution in [1.82, 2.24) is 15.2 Å². The van der Waals surface area contributed by atoms with Crippen molar-refractivity contribution in [3.05, 3.63) is 72.6 Å². The van der Waals surface area contributed by atoms with E-state index < -0.39 is 0 Å². The largest absolute Gasteiger partial charge is 0.497 e. The highest BCUT2D eigenvalue weighted by Crippen LogP contribution is 2.20. The molecule has 1 saturated heterocycles. The highest BCUT2D eigenvalue weighted by Gasteiger charge is 2.27. The SMILES string of the molecule is C=CC(=O)N[C@H]1C[C@@H](C#Cc2ccccn2)CN(Cc2ccc(OC)cc2)C1. The number of hydrogen-bond acceptors (Lipinski definition) is 4. The summed E-state index contributed by atoms with van der Waals surface area (Å²) in [5.41, 5.74) is 1.97. The molecule has 1 N–H and O–H groups in total. The van der Waals surface area contributed by atoms with Gasteiger partial charge in [-0.1, -0.05) is 30.7 Å². The molecule has 28 heavy (non-hydrogen) atoms. The Kier molecular flexibility index (Phi) is 6.83. The number of nitrogens with zero attached hydrogens (tertiary/aromatic N) is 2. The molecule has 1 aromatic heterocycles. The smallest absolute Gasteiger partial charge is 0.243 e. The third kappa shape index (κ3) is 5.70. The first-order chi connectivity index (χ1) is 13.7. The Labute approximate surface area is 166 Å². The Bertz CT molecular complexity index is 853. The fourth-order valence-electron chi connectivity index (χ4n) is 3.39. The van der Waals surface area contributed by atoms with Gasteiger partial charge in [-0.15, -0.1) is 0 Å². The number of rotatable bonds is 5. The Morgan fingerprint density at radius 1 is 1.32 bits per heavy atom. The van der Waals surface area contributed by atoms with E-state index in [0.29, 0.717) is 0 Å². The summed E-state index contributed by atoms with van der Waals surface area (Å²) in [7, 11) is 1.66. The van der Waals surface area contributed by atoms with Gasteiger partial charge in [-0.2, -0.15) is 0 Å². The van der Waals surface area contributed by atoms with E-state index in [0.717, 1.165) is 37.5 Å². The predicted octanol–water partition coefficient (Wildman–Crippen LogP) is 2.63. The Hall–Kier alpha value is -3.10. The number of piperidine rings is 1. The zero-order chi connectivity index (χ0) is 19.8. The molecule has 1 aliphatic heterocycles. The molecule has 5 heteroatoms. The van der Waals surface area contributed by atoms with Crippen molar-refractivity contribution in [2.24, 2.45) is 5.92 Å². The second kappa shape index (κ2) is 9.72. The number of ether oxygens (including phenoxy) is 1. The Morgan fingerprint density at radius 2 is 2.14 bits per heavy atom.